The van der Waals surface area contributed by atoms with Gasteiger partial charge in [0.2, 0.25) is 0 Å². The molecule has 0 saturated heterocycles. The van der Waals surface area contributed by atoms with Crippen LogP contribution in [0.3, 0.4) is 0 Å². The number of carbonyl (C=O) groups is 4. The van der Waals surface area contributed by atoms with E-state index in [1.807, 2.05) is 99.8 Å². The number of amides is 4. The lowest BCUT2D eigenvalue weighted by molar-refractivity contribution is -0.124. The summed E-state index contributed by atoms with van der Waals surface area (Å²) in [5, 5.41) is 6.82. The largest absolute Gasteiger partial charge is 0.306 e. The molecule has 13 aromatic rings. The summed E-state index contributed by atoms with van der Waals surface area (Å²) in [7, 11) is 0. The molecule has 134 heavy (non-hydrogen) atoms. The topological polar surface area (TPSA) is 81.2 Å². The maximum atomic E-state index is 15.4. The van der Waals surface area contributed by atoms with E-state index in [2.05, 4.69) is 239 Å². The molecule has 6 atom stereocenters. The van der Waals surface area contributed by atoms with Gasteiger partial charge in [-0.3, -0.25) is 19.2 Å². The van der Waals surface area contributed by atoms with Crippen molar-refractivity contribution >= 4 is 227 Å². The fourth-order valence-corrected chi connectivity index (χ4v) is 32.7. The molecule has 0 saturated carbocycles. The summed E-state index contributed by atoms with van der Waals surface area (Å²) in [5.74, 6) is 2.56. The molecule has 12 aromatic heterocycles. The van der Waals surface area contributed by atoms with Gasteiger partial charge in [-0.1, -0.05) is 224 Å². The van der Waals surface area contributed by atoms with Crippen LogP contribution in [-0.2, 0) is 32.0 Å². The van der Waals surface area contributed by atoms with Crippen molar-refractivity contribution in [2.24, 2.45) is 35.5 Å². The molecule has 8 nitrogen and oxygen atoms in total. The van der Waals surface area contributed by atoms with E-state index in [1.54, 1.807) is 68.0 Å². The summed E-state index contributed by atoms with van der Waals surface area (Å²) >= 11 is 22.0. The molecule has 6 unspecified atom stereocenters. The number of hydrogen-bond donors (Lipinski definition) is 0. The average molecular weight is 2010 g/mol. The first-order chi connectivity index (χ1) is 65.5. The molecule has 4 amide bonds. The normalized spacial score (nSPS) is 15.9. The van der Waals surface area contributed by atoms with E-state index in [0.29, 0.717) is 84.0 Å². The molecule has 20 heteroatoms. The van der Waals surface area contributed by atoms with Gasteiger partial charge < -0.3 is 19.6 Å². The van der Waals surface area contributed by atoms with Gasteiger partial charge in [0, 0.05) is 136 Å². The van der Waals surface area contributed by atoms with Crippen LogP contribution in [-0.4, -0.2) is 69.4 Å². The number of carbonyl (C=O) groups excluding carboxylic acids is 4. The van der Waals surface area contributed by atoms with Crippen molar-refractivity contribution < 1.29 is 19.2 Å². The number of thiophene rings is 12. The number of fused-ring (bicyclic) bond motifs is 4. The van der Waals surface area contributed by atoms with Gasteiger partial charge in [0.15, 0.2) is 0 Å². The van der Waals surface area contributed by atoms with Crippen molar-refractivity contribution in [3.63, 3.8) is 0 Å². The molecule has 16 heterocycles. The molecule has 4 aliphatic rings. The monoisotopic (exact) mass is 2000 g/mol. The van der Waals surface area contributed by atoms with Crippen LogP contribution in [0, 0.1) is 35.5 Å². The predicted molar refractivity (Wildman–Crippen MR) is 594 cm³/mol. The second-order valence-corrected chi connectivity index (χ2v) is 50.2. The summed E-state index contributed by atoms with van der Waals surface area (Å²) < 4.78 is 2.72. The molecule has 0 bridgehead atoms. The first kappa shape index (κ1) is 98.1. The summed E-state index contributed by atoms with van der Waals surface area (Å²) in [5.41, 5.74) is 8.32. The van der Waals surface area contributed by atoms with Crippen LogP contribution in [0.2, 0.25) is 0 Å². The minimum absolute atomic E-state index is 0.0278. The maximum absolute atomic E-state index is 15.4. The molecule has 1 aromatic carbocycles. The Morgan fingerprint density at radius 2 is 0.522 bits per heavy atom. The van der Waals surface area contributed by atoms with E-state index >= 15 is 19.2 Å². The third-order valence-electron chi connectivity index (χ3n) is 28.1. The van der Waals surface area contributed by atoms with Crippen molar-refractivity contribution in [1.29, 1.82) is 0 Å². The predicted octanol–water partition coefficient (Wildman–Crippen LogP) is 37.1. The lowest BCUT2D eigenvalue weighted by atomic mass is 9.95. The SMILES string of the molecule is CCCCC(CC)Cc1ccc(-c2c3cc(-c4ccc(/C=C/c5ccc(-c6ccc(C7=C8C(=O)N(CC(CC)CCCC)C(c9cccs9)=C8C(=O)N7CC(CC)CCCC)s6)s5)s4)sc3c(-c3ccc(CC(CC)CCCC)s3)c3cc(-c4ccc(/C=C/c5ccc(-c6ccc(C7=C8C(=O)N(CC(CC)CCCC)C(c9cccs9)=C8C(=O)N7CC(CC)CCCC)s6)s5)s4)sc23)s1. The Morgan fingerprint density at radius 1 is 0.261 bits per heavy atom. The van der Waals surface area contributed by atoms with Gasteiger partial charge in [0.25, 0.3) is 23.6 Å². The van der Waals surface area contributed by atoms with Crippen LogP contribution in [0.4, 0.5) is 0 Å². The molecule has 0 aliphatic carbocycles. The third kappa shape index (κ3) is 21.0. The fraction of sp³-hybridized carbons (Fsp3) is 0.421. The van der Waals surface area contributed by atoms with Crippen LogP contribution in [0.25, 0.3) is 127 Å². The summed E-state index contributed by atoms with van der Waals surface area (Å²) in [6, 6.07) is 50.3. The summed E-state index contributed by atoms with van der Waals surface area (Å²) in [4.78, 5) is 93.6. The molecule has 0 spiro atoms. The van der Waals surface area contributed by atoms with Crippen LogP contribution in [0.1, 0.15) is 286 Å². The molecule has 0 N–H and O–H groups in total. The van der Waals surface area contributed by atoms with Gasteiger partial charge in [-0.25, -0.2) is 0 Å². The smallest absolute Gasteiger partial charge is 0.261 e. The van der Waals surface area contributed by atoms with Crippen molar-refractivity contribution in [2.75, 3.05) is 26.2 Å². The molecular weight excluding hydrogens is 1870 g/mol. The standard InChI is InChI=1S/C114H130N4O4S12/c1-13-25-33-71(19-7)63-81-49-55-91(129-81)99-83-65-97(89-53-47-79(127-89)43-41-77-45-51-85(125-77)87-57-59-95(131-87)107-103-101(111(119)117(107)69-75(23-11)37-29-17-5)105(93-39-31-61-123-93)115(113(103)121)67-73(21-9)35-27-15-3)134-110(83)100(92-56-50-82(130-92)64-72(20-8)34-26-14-2)84-66-98(133-109(84)99)90-54-48-80(128-90)44-42-78-46-52-86(126-78)88-58-60-96(132-88)108-104-102(112(120)118(108)70-76(24-12)38-30-18-6)106(94-40-32-62-124-94)116(114(104)122)68-74(22-10)36-28-16-4/h31-32,39-62,65-66,71-76H,13-30,33-38,63-64,67-70H2,1-12H3/b43-41+,44-42+. The van der Waals surface area contributed by atoms with Gasteiger partial charge in [-0.05, 0) is 230 Å². The van der Waals surface area contributed by atoms with Crippen LogP contribution in [0.5, 0.6) is 0 Å². The highest BCUT2D eigenvalue weighted by Gasteiger charge is 2.52. The highest BCUT2D eigenvalue weighted by molar-refractivity contribution is 7.30. The van der Waals surface area contributed by atoms with Gasteiger partial charge in [0.1, 0.15) is 0 Å². The van der Waals surface area contributed by atoms with Crippen LogP contribution >= 0.6 is 136 Å². The fourth-order valence-electron chi connectivity index (χ4n) is 20.1. The lowest BCUT2D eigenvalue weighted by Gasteiger charge is -2.29. The first-order valence-corrected chi connectivity index (χ1v) is 60.0. The second-order valence-electron chi connectivity index (χ2n) is 37.2. The zero-order chi connectivity index (χ0) is 93.2. The first-order valence-electron chi connectivity index (χ1n) is 50.0. The van der Waals surface area contributed by atoms with Gasteiger partial charge in [0.05, 0.1) is 64.6 Å². The number of rotatable bonds is 50. The van der Waals surface area contributed by atoms with Gasteiger partial charge in [-0.2, -0.15) is 0 Å². The van der Waals surface area contributed by atoms with E-state index in [1.165, 1.54) is 151 Å². The number of hydrogen-bond acceptors (Lipinski definition) is 16. The molecule has 4 aliphatic heterocycles. The Hall–Kier alpha value is -7.54. The Labute approximate surface area is 844 Å². The van der Waals surface area contributed by atoms with E-state index in [9.17, 15) is 0 Å². The van der Waals surface area contributed by atoms with Crippen molar-refractivity contribution in [3.05, 3.63) is 215 Å². The Morgan fingerprint density at radius 3 is 0.806 bits per heavy atom. The minimum atomic E-state index is -0.0278. The number of unbranched alkanes of at least 4 members (excludes halogenated alkanes) is 6. The van der Waals surface area contributed by atoms with E-state index < -0.39 is 0 Å². The Balaban J connectivity index is 0.682. The van der Waals surface area contributed by atoms with Crippen molar-refractivity contribution in [3.8, 4) is 59.9 Å². The summed E-state index contributed by atoms with van der Waals surface area (Å²) in [6.45, 7) is 29.8. The van der Waals surface area contributed by atoms with Crippen LogP contribution < -0.4 is 0 Å². The van der Waals surface area contributed by atoms with Gasteiger partial charge in [-0.15, -0.1) is 136 Å². The third-order valence-corrected chi connectivity index (χ3v) is 41.6. The number of nitrogens with zero attached hydrogens (tertiary/aromatic N) is 4. The zero-order valence-electron chi connectivity index (χ0n) is 80.2. The number of benzene rings is 1. The molecule has 702 valence electrons. The van der Waals surface area contributed by atoms with Crippen LogP contribution in [0.15, 0.2) is 167 Å². The minimum Gasteiger partial charge on any atom is -0.306 e. The molecule has 0 fully saturated rings. The van der Waals surface area contributed by atoms with E-state index in [-0.39, 0.29) is 23.6 Å². The Bertz CT molecular complexity index is 6020. The van der Waals surface area contributed by atoms with E-state index in [4.69, 9.17) is 0 Å². The lowest BCUT2D eigenvalue weighted by Crippen LogP contribution is -2.34. The van der Waals surface area contributed by atoms with Crippen molar-refractivity contribution in [1.82, 2.24) is 19.6 Å². The molecule has 17 rings (SSSR count). The van der Waals surface area contributed by atoms with Gasteiger partial charge >= 0.3 is 0 Å². The molecule has 0 radical (unpaired) electrons. The molecular formula is C114H130N4O4S12. The highest BCUT2D eigenvalue weighted by Crippen LogP contribution is 2.58. The zero-order valence-corrected chi connectivity index (χ0v) is 90.0. The van der Waals surface area contributed by atoms with Crippen molar-refractivity contribution in [2.45, 2.75) is 250 Å². The second kappa shape index (κ2) is 45.6. The highest BCUT2D eigenvalue weighted by atomic mass is 32.1. The Kier molecular flexibility index (Phi) is 33.4. The quantitative estimate of drug-likeness (QED) is 0.0380. The summed E-state index contributed by atoms with van der Waals surface area (Å²) in [6.07, 6.45) is 38.3. The maximum Gasteiger partial charge on any atom is 0.261 e. The van der Waals surface area contributed by atoms with E-state index in [0.717, 1.165) is 168 Å². The average Bonchev–Trinajstić information content (AvgIpc) is 1.55.